The van der Waals surface area contributed by atoms with E-state index < -0.39 is 5.63 Å². The Morgan fingerprint density at radius 2 is 1.71 bits per heavy atom. The smallest absolute Gasteiger partial charge is 0.298 e. The Bertz CT molecular complexity index is 481. The van der Waals surface area contributed by atoms with Crippen molar-refractivity contribution in [3.05, 3.63) is 10.4 Å². The van der Waals surface area contributed by atoms with Gasteiger partial charge in [-0.25, -0.2) is 4.79 Å². The van der Waals surface area contributed by atoms with Crippen molar-refractivity contribution in [1.82, 2.24) is 5.27 Å². The van der Waals surface area contributed by atoms with Crippen molar-refractivity contribution in [3.8, 4) is 0 Å². The van der Waals surface area contributed by atoms with Crippen molar-refractivity contribution in [2.24, 2.45) is 17.8 Å². The molecule has 1 aromatic heterocycles. The maximum Gasteiger partial charge on any atom is 0.450 e. The van der Waals surface area contributed by atoms with E-state index in [1.54, 1.807) is 0 Å². The van der Waals surface area contributed by atoms with Gasteiger partial charge < -0.3 is 0 Å². The molecule has 4 bridgehead atoms. The lowest BCUT2D eigenvalue weighted by molar-refractivity contribution is -0.821. The van der Waals surface area contributed by atoms with E-state index in [9.17, 15) is 4.79 Å². The van der Waals surface area contributed by atoms with Crippen molar-refractivity contribution in [1.29, 1.82) is 0 Å². The van der Waals surface area contributed by atoms with Crippen LogP contribution in [0.2, 0.25) is 0 Å². The van der Waals surface area contributed by atoms with Crippen LogP contribution in [0.3, 0.4) is 0 Å². The summed E-state index contributed by atoms with van der Waals surface area (Å²) in [6.45, 7) is 0. The van der Waals surface area contributed by atoms with E-state index in [-0.39, 0.29) is 11.4 Å². The van der Waals surface area contributed by atoms with Gasteiger partial charge in [-0.3, -0.25) is 10.3 Å². The highest BCUT2D eigenvalue weighted by Crippen LogP contribution is 2.56. The van der Waals surface area contributed by atoms with Crippen LogP contribution < -0.4 is 16.0 Å². The molecular formula is C12H18N3O2+. The van der Waals surface area contributed by atoms with Gasteiger partial charge in [0.15, 0.2) is 0 Å². The van der Waals surface area contributed by atoms with E-state index in [0.29, 0.717) is 0 Å². The van der Waals surface area contributed by atoms with Crippen LogP contribution in [0.1, 0.15) is 38.5 Å². The van der Waals surface area contributed by atoms with Crippen molar-refractivity contribution >= 4 is 5.82 Å². The van der Waals surface area contributed by atoms with Crippen LogP contribution in [0.15, 0.2) is 9.32 Å². The van der Waals surface area contributed by atoms with Crippen LogP contribution in [-0.4, -0.2) is 5.27 Å². The van der Waals surface area contributed by atoms with Crippen molar-refractivity contribution in [2.45, 2.75) is 44.1 Å². The van der Waals surface area contributed by atoms with E-state index >= 15 is 0 Å². The molecular weight excluding hydrogens is 218 g/mol. The predicted molar refractivity (Wildman–Crippen MR) is 60.1 cm³/mol. The summed E-state index contributed by atoms with van der Waals surface area (Å²) in [7, 11) is 0. The monoisotopic (exact) mass is 236 g/mol. The molecule has 0 aliphatic heterocycles. The average molecular weight is 236 g/mol. The number of nitrogens with two attached hydrogens (primary N) is 1. The first kappa shape index (κ1) is 9.74. The molecule has 1 heterocycles. The lowest BCUT2D eigenvalue weighted by Gasteiger charge is -2.53. The first-order chi connectivity index (χ1) is 8.16. The number of hydrogen-bond donors (Lipinski definition) is 2. The second kappa shape index (κ2) is 2.94. The topological polar surface area (TPSA) is 75.9 Å². The van der Waals surface area contributed by atoms with Gasteiger partial charge in [-0.05, 0) is 56.3 Å². The van der Waals surface area contributed by atoms with E-state index in [1.165, 1.54) is 19.3 Å². The minimum Gasteiger partial charge on any atom is -0.298 e. The number of hydrogen-bond acceptors (Lipinski definition) is 3. The maximum absolute atomic E-state index is 11.4. The molecule has 0 unspecified atom stereocenters. The summed E-state index contributed by atoms with van der Waals surface area (Å²) >= 11 is 0. The summed E-state index contributed by atoms with van der Waals surface area (Å²) < 4.78 is 6.68. The SMILES string of the molecule is Nc1c(=O)o[nH][n+]1C12CC3CC(CC(C3)C1)C2. The van der Waals surface area contributed by atoms with Gasteiger partial charge in [0.05, 0.1) is 0 Å². The summed E-state index contributed by atoms with van der Waals surface area (Å²) in [5, 5.41) is 2.73. The van der Waals surface area contributed by atoms with Gasteiger partial charge in [-0.2, -0.15) is 0 Å². The largest absolute Gasteiger partial charge is 0.450 e. The van der Waals surface area contributed by atoms with Gasteiger partial charge >= 0.3 is 11.4 Å². The Labute approximate surface area is 98.9 Å². The summed E-state index contributed by atoms with van der Waals surface area (Å²) in [6.07, 6.45) is 7.60. The second-order valence-electron chi connectivity index (χ2n) is 6.34. The van der Waals surface area contributed by atoms with Crippen LogP contribution in [0.4, 0.5) is 5.82 Å². The van der Waals surface area contributed by atoms with Gasteiger partial charge in [-0.15, -0.1) is 4.68 Å². The molecule has 4 aliphatic carbocycles. The molecule has 4 aliphatic rings. The Morgan fingerprint density at radius 3 is 2.12 bits per heavy atom. The summed E-state index contributed by atoms with van der Waals surface area (Å²) in [5.74, 6) is 2.72. The van der Waals surface area contributed by atoms with Crippen LogP contribution in [0, 0.1) is 17.8 Å². The zero-order chi connectivity index (χ0) is 11.6. The zero-order valence-electron chi connectivity index (χ0n) is 9.82. The molecule has 92 valence electrons. The number of nitrogen functional groups attached to an aromatic ring is 1. The highest BCUT2D eigenvalue weighted by Gasteiger charge is 2.56. The predicted octanol–water partition coefficient (Wildman–Crippen LogP) is 0.763. The Hall–Kier alpha value is -1.26. The summed E-state index contributed by atoms with van der Waals surface area (Å²) in [6, 6.07) is 0. The third-order valence-corrected chi connectivity index (χ3v) is 5.16. The number of nitrogens with zero attached hydrogens (tertiary/aromatic N) is 1. The molecule has 5 rings (SSSR count). The second-order valence-corrected chi connectivity index (χ2v) is 6.34. The lowest BCUT2D eigenvalue weighted by Crippen LogP contribution is -2.66. The molecule has 0 saturated heterocycles. The maximum atomic E-state index is 11.4. The number of aromatic nitrogens is 2. The molecule has 4 fully saturated rings. The van der Waals surface area contributed by atoms with Gasteiger partial charge in [0, 0.05) is 0 Å². The number of H-pyrrole nitrogens is 1. The van der Waals surface area contributed by atoms with Crippen molar-refractivity contribution in [3.63, 3.8) is 0 Å². The third-order valence-electron chi connectivity index (χ3n) is 5.16. The minimum atomic E-state index is -0.430. The molecule has 5 nitrogen and oxygen atoms in total. The molecule has 0 aromatic carbocycles. The number of anilines is 1. The zero-order valence-corrected chi connectivity index (χ0v) is 9.82. The van der Waals surface area contributed by atoms with Crippen molar-refractivity contribution < 1.29 is 9.20 Å². The highest BCUT2D eigenvalue weighted by molar-refractivity contribution is 5.13. The molecule has 0 amide bonds. The summed E-state index contributed by atoms with van der Waals surface area (Å²) in [5.41, 5.74) is 5.47. The van der Waals surface area contributed by atoms with Crippen LogP contribution in [-0.2, 0) is 5.54 Å². The fourth-order valence-corrected chi connectivity index (χ4v) is 4.97. The first-order valence-corrected chi connectivity index (χ1v) is 6.56. The average Bonchev–Trinajstić information content (AvgIpc) is 2.58. The van der Waals surface area contributed by atoms with E-state index in [4.69, 9.17) is 10.3 Å². The molecule has 17 heavy (non-hydrogen) atoms. The molecule has 4 saturated carbocycles. The van der Waals surface area contributed by atoms with Gasteiger partial charge in [-0.1, -0.05) is 5.27 Å². The van der Waals surface area contributed by atoms with Gasteiger partial charge in [0.25, 0.3) is 0 Å². The van der Waals surface area contributed by atoms with Crippen molar-refractivity contribution in [2.75, 3.05) is 5.73 Å². The third kappa shape index (κ3) is 1.20. The van der Waals surface area contributed by atoms with Gasteiger partial charge in [0.1, 0.15) is 5.54 Å². The highest BCUT2D eigenvalue weighted by atomic mass is 16.5. The molecule has 0 atom stereocenters. The van der Waals surface area contributed by atoms with E-state index in [1.807, 2.05) is 4.68 Å². The lowest BCUT2D eigenvalue weighted by atomic mass is 9.53. The molecule has 5 heteroatoms. The Morgan fingerprint density at radius 1 is 1.18 bits per heavy atom. The van der Waals surface area contributed by atoms with Crippen LogP contribution in [0.25, 0.3) is 0 Å². The molecule has 0 spiro atoms. The fraction of sp³-hybridized carbons (Fsp3) is 0.833. The molecule has 1 aromatic rings. The number of aromatic amines is 1. The van der Waals surface area contributed by atoms with Gasteiger partial charge in [0.2, 0.25) is 0 Å². The quantitative estimate of drug-likeness (QED) is 0.707. The number of rotatable bonds is 1. The molecule has 0 radical (unpaired) electrons. The standard InChI is InChI=1S/C12H17N3O2/c13-10-11(16)17-14-15(10)12-4-7-1-8(5-12)3-9(2-7)6-12/h7-9,13-14H,1-6H2/p+1. The fourth-order valence-electron chi connectivity index (χ4n) is 4.97. The van der Waals surface area contributed by atoms with E-state index in [0.717, 1.165) is 37.0 Å². The van der Waals surface area contributed by atoms with Crippen LogP contribution in [0.5, 0.6) is 0 Å². The Kier molecular flexibility index (Phi) is 1.69. The normalized spacial score (nSPS) is 43.2. The first-order valence-electron chi connectivity index (χ1n) is 6.56. The Balaban J connectivity index is 1.82. The minimum absolute atomic E-state index is 0.0466. The summed E-state index contributed by atoms with van der Waals surface area (Å²) in [4.78, 5) is 11.4. The van der Waals surface area contributed by atoms with E-state index in [2.05, 4.69) is 5.27 Å². The number of nitrogens with one attached hydrogen (secondary N) is 1. The van der Waals surface area contributed by atoms with Crippen LogP contribution >= 0.6 is 0 Å². The molecule has 3 N–H and O–H groups in total.